The van der Waals surface area contributed by atoms with Crippen molar-refractivity contribution in [3.63, 3.8) is 0 Å². The lowest BCUT2D eigenvalue weighted by atomic mass is 9.77. The van der Waals surface area contributed by atoms with Crippen LogP contribution in [0.25, 0.3) is 0 Å². The summed E-state index contributed by atoms with van der Waals surface area (Å²) >= 11 is 0. The molecule has 0 amide bonds. The largest absolute Gasteiger partial charge is 0.494 e. The zero-order valence-electron chi connectivity index (χ0n) is 77.2. The van der Waals surface area contributed by atoms with E-state index in [1.54, 1.807) is 36.4 Å². The molecule has 698 valence electrons. The van der Waals surface area contributed by atoms with Gasteiger partial charge in [-0.15, -0.1) is 0 Å². The number of unbranched alkanes of at least 4 members (excludes halogenated alkanes) is 27. The maximum atomic E-state index is 13.5. The second kappa shape index (κ2) is 65.6. The van der Waals surface area contributed by atoms with Crippen LogP contribution in [-0.4, -0.2) is 120 Å². The average molecular weight is 1750 g/mol. The molecule has 0 heterocycles. The van der Waals surface area contributed by atoms with Gasteiger partial charge in [0.15, 0.2) is 12.4 Å². The molecule has 20 nitrogen and oxygen atoms in total. The number of benzene rings is 5. The van der Waals surface area contributed by atoms with Crippen molar-refractivity contribution in [3.8, 4) is 34.5 Å². The van der Waals surface area contributed by atoms with Gasteiger partial charge in [0, 0.05) is 5.56 Å². The van der Waals surface area contributed by atoms with Crippen LogP contribution in [0.4, 0.5) is 0 Å². The van der Waals surface area contributed by atoms with Crippen molar-refractivity contribution in [2.45, 2.75) is 348 Å². The maximum absolute atomic E-state index is 13.5. The Morgan fingerprint density at radius 1 is 0.294 bits per heavy atom. The quantitative estimate of drug-likeness (QED) is 0.0115. The summed E-state index contributed by atoms with van der Waals surface area (Å²) < 4.78 is 68.3. The second-order valence-corrected chi connectivity index (χ2v) is 35.0. The smallest absolute Gasteiger partial charge is 0.343 e. The number of ether oxygens (including phenoxy) is 12. The molecule has 7 rings (SSSR count). The van der Waals surface area contributed by atoms with Crippen molar-refractivity contribution < 1.29 is 95.2 Å². The molecule has 2 aliphatic rings. The number of rotatable bonds is 71. The van der Waals surface area contributed by atoms with Crippen molar-refractivity contribution >= 4 is 47.6 Å². The Morgan fingerprint density at radius 2 is 0.611 bits per heavy atom. The highest BCUT2D eigenvalue weighted by atomic mass is 16.6. The van der Waals surface area contributed by atoms with Gasteiger partial charge in [-0.1, -0.05) is 206 Å². The van der Waals surface area contributed by atoms with E-state index in [4.69, 9.17) is 56.8 Å². The lowest BCUT2D eigenvalue weighted by Crippen LogP contribution is -2.13. The van der Waals surface area contributed by atoms with Crippen molar-refractivity contribution in [1.82, 2.24) is 0 Å². The van der Waals surface area contributed by atoms with Gasteiger partial charge < -0.3 is 56.8 Å². The first-order valence-corrected chi connectivity index (χ1v) is 49.0. The van der Waals surface area contributed by atoms with Crippen LogP contribution in [0, 0.1) is 17.8 Å². The fourth-order valence-corrected chi connectivity index (χ4v) is 16.3. The van der Waals surface area contributed by atoms with Gasteiger partial charge in [0.2, 0.25) is 0 Å². The minimum atomic E-state index is -0.484. The fourth-order valence-electron chi connectivity index (χ4n) is 16.3. The summed E-state index contributed by atoms with van der Waals surface area (Å²) in [5.41, 5.74) is 4.09. The summed E-state index contributed by atoms with van der Waals surface area (Å²) in [5, 5.41) is 0. The highest BCUT2D eigenvalue weighted by Gasteiger charge is 2.26. The molecule has 0 bridgehead atoms. The Morgan fingerprint density at radius 3 is 1.00 bits per heavy atom. The van der Waals surface area contributed by atoms with Crippen molar-refractivity contribution in [3.05, 3.63) is 143 Å². The Bertz CT molecular complexity index is 3780. The molecular formula is C106H154O20. The number of hydrogen-bond acceptors (Lipinski definition) is 20. The standard InChI is InChI=1S/C106H154O20/c1-5-7-27-39-84-41-45-86(46-42-84)88-49-57-94(58-50-88)125-82-98(107)90-53-59-92(60-54-90)115-71-29-17-9-13-21-33-75-119-100(108)67-68-102(110)121-77-35-23-15-11-19-31-73-117-96-65-66-99(97(81-96)106(114)124-80-38-26-25-37-79-123-104(112)83(3)4)118-74-32-20-12-16-24-36-78-122-103(111)70-69-101(109)120-76-34-22-14-10-18-30-72-116-93-61-55-91(56-62-93)105(113)126-95-63-51-89(52-64-95)87-47-43-85(44-48-87)40-28-8-6-2/h49-66,81,83-87H,5-48,67-80,82H2,1-4H3. The normalized spacial score (nSPS) is 14.9. The number of ketones is 1. The second-order valence-electron chi connectivity index (χ2n) is 35.0. The van der Waals surface area contributed by atoms with Crippen LogP contribution in [0.15, 0.2) is 115 Å². The average Bonchev–Trinajstić information content (AvgIpc) is 0.848. The van der Waals surface area contributed by atoms with E-state index in [0.717, 1.165) is 191 Å². The Kier molecular flexibility index (Phi) is 54.2. The fraction of sp³-hybridized carbons (Fsp3) is 0.642. The summed E-state index contributed by atoms with van der Waals surface area (Å²) in [5.74, 6) is 3.76. The van der Waals surface area contributed by atoms with Crippen LogP contribution in [-0.2, 0) is 52.4 Å². The molecule has 2 saturated carbocycles. The molecule has 2 aliphatic carbocycles. The van der Waals surface area contributed by atoms with Crippen molar-refractivity contribution in [2.24, 2.45) is 17.8 Å². The molecule has 0 aromatic heterocycles. The lowest BCUT2D eigenvalue weighted by Gasteiger charge is -2.29. The number of carbonyl (C=O) groups excluding carboxylic acids is 8. The van der Waals surface area contributed by atoms with Gasteiger partial charge in [0.25, 0.3) is 0 Å². The Hall–Kier alpha value is -8.94. The van der Waals surface area contributed by atoms with Crippen LogP contribution in [0.1, 0.15) is 390 Å². The molecule has 0 N–H and O–H groups in total. The molecule has 2 fully saturated rings. The summed E-state index contributed by atoms with van der Waals surface area (Å²) in [6.07, 6.45) is 46.1. The third-order valence-electron chi connectivity index (χ3n) is 24.2. The highest BCUT2D eigenvalue weighted by molar-refractivity contribution is 5.97. The van der Waals surface area contributed by atoms with Crippen LogP contribution in [0.5, 0.6) is 34.5 Å². The molecule has 0 atom stereocenters. The summed E-state index contributed by atoms with van der Waals surface area (Å²) in [6, 6.07) is 36.0. The highest BCUT2D eigenvalue weighted by Crippen LogP contribution is 2.40. The molecule has 5 aromatic rings. The number of hydrogen-bond donors (Lipinski definition) is 0. The molecule has 0 unspecified atom stereocenters. The zero-order chi connectivity index (χ0) is 89.5. The van der Waals surface area contributed by atoms with E-state index in [1.807, 2.05) is 68.4 Å². The third kappa shape index (κ3) is 46.2. The summed E-state index contributed by atoms with van der Waals surface area (Å²) in [4.78, 5) is 101. The van der Waals surface area contributed by atoms with E-state index in [9.17, 15) is 38.4 Å². The number of carbonyl (C=O) groups is 8. The number of esters is 7. The van der Waals surface area contributed by atoms with Gasteiger partial charge >= 0.3 is 41.8 Å². The minimum absolute atomic E-state index is 0.00158. The van der Waals surface area contributed by atoms with E-state index in [0.29, 0.717) is 123 Å². The monoisotopic (exact) mass is 1750 g/mol. The predicted octanol–water partition coefficient (Wildman–Crippen LogP) is 25.8. The summed E-state index contributed by atoms with van der Waals surface area (Å²) in [7, 11) is 0. The van der Waals surface area contributed by atoms with Crippen molar-refractivity contribution in [2.75, 3.05) is 72.7 Å². The topological polar surface area (TPSA) is 247 Å². The molecule has 0 spiro atoms. The molecule has 0 saturated heterocycles. The molecule has 0 aliphatic heterocycles. The zero-order valence-corrected chi connectivity index (χ0v) is 77.2. The SMILES string of the molecule is CCCCCC1CCC(c2ccc(OCC(=O)c3ccc(OCCCCCCCCOC(=O)CCC(=O)OCCCCCCCCOc4ccc(OCCCCCCCCOC(=O)CCC(=O)OCCCCCCCCOc5ccc(C(=O)Oc6ccc(C7CCC(CCCCC)CC7)cc6)cc5)c(C(=O)OCCCCCCOC(=O)C(C)C)c4)cc3)cc2)CC1. The molecule has 0 radical (unpaired) electrons. The molecule has 20 heteroatoms. The van der Waals surface area contributed by atoms with Gasteiger partial charge in [-0.3, -0.25) is 28.8 Å². The van der Waals surface area contributed by atoms with E-state index >= 15 is 0 Å². The Labute approximate surface area is 754 Å². The van der Waals surface area contributed by atoms with Gasteiger partial charge in [-0.2, -0.15) is 0 Å². The van der Waals surface area contributed by atoms with Gasteiger partial charge in [0.05, 0.1) is 103 Å². The van der Waals surface area contributed by atoms with E-state index in [-0.39, 0.29) is 62.5 Å². The van der Waals surface area contributed by atoms with Crippen LogP contribution in [0.2, 0.25) is 0 Å². The molecule has 5 aromatic carbocycles. The van der Waals surface area contributed by atoms with Gasteiger partial charge in [-0.05, 0) is 254 Å². The van der Waals surface area contributed by atoms with Crippen LogP contribution < -0.4 is 28.4 Å². The van der Waals surface area contributed by atoms with Crippen LogP contribution >= 0.6 is 0 Å². The van der Waals surface area contributed by atoms with Crippen LogP contribution in [0.3, 0.4) is 0 Å². The van der Waals surface area contributed by atoms with Gasteiger partial charge in [0.1, 0.15) is 40.1 Å². The molecular weight excluding hydrogens is 1590 g/mol. The van der Waals surface area contributed by atoms with Gasteiger partial charge in [-0.25, -0.2) is 9.59 Å². The first kappa shape index (κ1) is 104. The first-order valence-electron chi connectivity index (χ1n) is 49.0. The van der Waals surface area contributed by atoms with E-state index in [2.05, 4.69) is 38.1 Å². The minimum Gasteiger partial charge on any atom is -0.494 e. The predicted molar refractivity (Wildman–Crippen MR) is 494 cm³/mol. The Balaban J connectivity index is 0.626. The summed E-state index contributed by atoms with van der Waals surface area (Å²) in [6.45, 7) is 12.1. The maximum Gasteiger partial charge on any atom is 0.343 e. The number of Topliss-reactive ketones (excluding diaryl/α,β-unsaturated/α-hetero) is 1. The third-order valence-corrected chi connectivity index (χ3v) is 24.2. The lowest BCUT2D eigenvalue weighted by molar-refractivity contribution is -0.150. The van der Waals surface area contributed by atoms with Crippen molar-refractivity contribution in [1.29, 1.82) is 0 Å². The van der Waals surface area contributed by atoms with E-state index < -0.39 is 29.8 Å². The molecule has 126 heavy (non-hydrogen) atoms. The first-order chi connectivity index (χ1) is 61.6. The van der Waals surface area contributed by atoms with E-state index in [1.165, 1.54) is 114 Å².